The Morgan fingerprint density at radius 2 is 2.31 bits per heavy atom. The summed E-state index contributed by atoms with van der Waals surface area (Å²) in [6.07, 6.45) is 5.53. The fourth-order valence-electron chi connectivity index (χ4n) is 1.29. The number of carboxylic acids is 1. The fraction of sp³-hybridized carbons (Fsp3) is 0.200. The van der Waals surface area contributed by atoms with Gasteiger partial charge in [0.2, 0.25) is 0 Å². The van der Waals surface area contributed by atoms with Crippen molar-refractivity contribution in [1.82, 2.24) is 19.7 Å². The van der Waals surface area contributed by atoms with Crippen LogP contribution in [0.5, 0.6) is 0 Å². The molecule has 82 valence electrons. The van der Waals surface area contributed by atoms with Crippen LogP contribution in [0.2, 0.25) is 0 Å². The number of hydrogen-bond donors (Lipinski definition) is 1. The monoisotopic (exact) mass is 218 g/mol. The second-order valence-electron chi connectivity index (χ2n) is 3.18. The lowest BCUT2D eigenvalue weighted by Gasteiger charge is -2.01. The lowest BCUT2D eigenvalue weighted by Crippen LogP contribution is -2.08. The van der Waals surface area contributed by atoms with E-state index in [0.29, 0.717) is 18.8 Å². The van der Waals surface area contributed by atoms with Crippen molar-refractivity contribution in [3.8, 4) is 0 Å². The van der Waals surface area contributed by atoms with Crippen LogP contribution in [0.4, 0.5) is 0 Å². The maximum absolute atomic E-state index is 10.7. The van der Waals surface area contributed by atoms with E-state index in [1.54, 1.807) is 10.9 Å². The van der Waals surface area contributed by atoms with Gasteiger partial charge in [-0.15, -0.1) is 0 Å². The van der Waals surface area contributed by atoms with Crippen LogP contribution >= 0.6 is 0 Å². The molecule has 0 fully saturated rings. The zero-order valence-corrected chi connectivity index (χ0v) is 8.45. The van der Waals surface area contributed by atoms with Crippen LogP contribution in [-0.2, 0) is 13.0 Å². The summed E-state index contributed by atoms with van der Waals surface area (Å²) in [6, 6.07) is 3.20. The van der Waals surface area contributed by atoms with E-state index in [2.05, 4.69) is 15.1 Å². The summed E-state index contributed by atoms with van der Waals surface area (Å²) in [5.74, 6) is -0.530. The van der Waals surface area contributed by atoms with E-state index < -0.39 is 5.97 Å². The molecule has 0 saturated heterocycles. The van der Waals surface area contributed by atoms with Gasteiger partial charge in [-0.2, -0.15) is 5.10 Å². The van der Waals surface area contributed by atoms with Crippen LogP contribution in [0.15, 0.2) is 30.7 Å². The highest BCUT2D eigenvalue weighted by Gasteiger charge is 2.05. The molecule has 16 heavy (non-hydrogen) atoms. The minimum Gasteiger partial charge on any atom is -0.477 e. The molecule has 0 radical (unpaired) electrons. The van der Waals surface area contributed by atoms with Crippen molar-refractivity contribution in [2.24, 2.45) is 0 Å². The predicted octanol–water partition coefficient (Wildman–Crippen LogP) is 0.614. The van der Waals surface area contributed by atoms with Gasteiger partial charge in [0.1, 0.15) is 5.82 Å². The molecular formula is C10H10N4O2. The Bertz CT molecular complexity index is 481. The first-order valence-electron chi connectivity index (χ1n) is 4.78. The van der Waals surface area contributed by atoms with Crippen LogP contribution in [-0.4, -0.2) is 30.8 Å². The maximum atomic E-state index is 10.7. The normalized spacial score (nSPS) is 10.2. The van der Waals surface area contributed by atoms with Gasteiger partial charge in [-0.3, -0.25) is 4.68 Å². The van der Waals surface area contributed by atoms with Crippen molar-refractivity contribution in [2.45, 2.75) is 13.0 Å². The number of nitrogens with zero attached hydrogens (tertiary/aromatic N) is 4. The number of carbonyl (C=O) groups is 1. The molecule has 0 amide bonds. The molecule has 2 heterocycles. The molecule has 2 aromatic heterocycles. The summed E-state index contributed by atoms with van der Waals surface area (Å²) in [4.78, 5) is 18.6. The average molecular weight is 218 g/mol. The molecule has 0 bridgehead atoms. The highest BCUT2D eigenvalue weighted by atomic mass is 16.4. The maximum Gasteiger partial charge on any atom is 0.354 e. The third-order valence-electron chi connectivity index (χ3n) is 2.05. The molecule has 1 N–H and O–H groups in total. The minimum atomic E-state index is -1.04. The predicted molar refractivity (Wildman–Crippen MR) is 54.9 cm³/mol. The quantitative estimate of drug-likeness (QED) is 0.813. The van der Waals surface area contributed by atoms with Crippen LogP contribution in [0, 0.1) is 0 Å². The summed E-state index contributed by atoms with van der Waals surface area (Å²) in [5.41, 5.74) is 0.0189. The van der Waals surface area contributed by atoms with Gasteiger partial charge in [0.15, 0.2) is 5.69 Å². The number of hydrogen-bond acceptors (Lipinski definition) is 4. The van der Waals surface area contributed by atoms with E-state index in [-0.39, 0.29) is 5.69 Å². The molecule has 0 spiro atoms. The highest BCUT2D eigenvalue weighted by Crippen LogP contribution is 1.98. The first-order chi connectivity index (χ1) is 7.75. The minimum absolute atomic E-state index is 0.0189. The number of rotatable bonds is 4. The van der Waals surface area contributed by atoms with Crippen LogP contribution in [0.3, 0.4) is 0 Å². The number of aryl methyl sites for hydroxylation is 2. The Balaban J connectivity index is 2.04. The van der Waals surface area contributed by atoms with Gasteiger partial charge in [-0.05, 0) is 12.1 Å². The Hall–Kier alpha value is -2.24. The van der Waals surface area contributed by atoms with E-state index in [9.17, 15) is 4.79 Å². The van der Waals surface area contributed by atoms with Crippen molar-refractivity contribution < 1.29 is 9.90 Å². The molecule has 0 aromatic carbocycles. The van der Waals surface area contributed by atoms with E-state index in [4.69, 9.17) is 5.11 Å². The summed E-state index contributed by atoms with van der Waals surface area (Å²) in [6.45, 7) is 0.635. The van der Waals surface area contributed by atoms with Crippen LogP contribution < -0.4 is 0 Å². The SMILES string of the molecule is O=C(O)c1ccnc(CCn2cccn2)n1. The van der Waals surface area contributed by atoms with Crippen molar-refractivity contribution in [1.29, 1.82) is 0 Å². The second kappa shape index (κ2) is 4.52. The van der Waals surface area contributed by atoms with Gasteiger partial charge in [0.25, 0.3) is 0 Å². The molecule has 6 nitrogen and oxygen atoms in total. The summed E-state index contributed by atoms with van der Waals surface area (Å²) >= 11 is 0. The van der Waals surface area contributed by atoms with E-state index >= 15 is 0 Å². The Morgan fingerprint density at radius 3 is 3.00 bits per heavy atom. The third-order valence-corrected chi connectivity index (χ3v) is 2.05. The summed E-state index contributed by atoms with van der Waals surface area (Å²) in [7, 11) is 0. The first kappa shape index (κ1) is 10.3. The molecule has 2 aromatic rings. The van der Waals surface area contributed by atoms with E-state index in [1.807, 2.05) is 12.3 Å². The lowest BCUT2D eigenvalue weighted by atomic mass is 10.3. The fourth-order valence-corrected chi connectivity index (χ4v) is 1.29. The highest BCUT2D eigenvalue weighted by molar-refractivity contribution is 5.85. The van der Waals surface area contributed by atoms with Gasteiger partial charge in [-0.25, -0.2) is 14.8 Å². The second-order valence-corrected chi connectivity index (χ2v) is 3.18. The zero-order valence-electron chi connectivity index (χ0n) is 8.45. The number of aromatic carboxylic acids is 1. The molecule has 0 aliphatic rings. The average Bonchev–Trinajstić information content (AvgIpc) is 2.79. The molecule has 0 aliphatic carbocycles. The van der Waals surface area contributed by atoms with Gasteiger partial charge >= 0.3 is 5.97 Å². The smallest absolute Gasteiger partial charge is 0.354 e. The Kier molecular flexibility index (Phi) is 2.90. The first-order valence-corrected chi connectivity index (χ1v) is 4.78. The third kappa shape index (κ3) is 2.41. The largest absolute Gasteiger partial charge is 0.477 e. The molecular weight excluding hydrogens is 208 g/mol. The summed E-state index contributed by atoms with van der Waals surface area (Å²) < 4.78 is 1.75. The summed E-state index contributed by atoms with van der Waals surface area (Å²) in [5, 5.41) is 12.8. The van der Waals surface area contributed by atoms with E-state index in [1.165, 1.54) is 12.3 Å². The van der Waals surface area contributed by atoms with Crippen molar-refractivity contribution in [3.63, 3.8) is 0 Å². The molecule has 0 atom stereocenters. The van der Waals surface area contributed by atoms with Crippen molar-refractivity contribution >= 4 is 5.97 Å². The molecule has 2 rings (SSSR count). The zero-order chi connectivity index (χ0) is 11.4. The molecule has 0 saturated carbocycles. The van der Waals surface area contributed by atoms with Gasteiger partial charge in [0.05, 0.1) is 0 Å². The van der Waals surface area contributed by atoms with Crippen molar-refractivity contribution in [2.75, 3.05) is 0 Å². The van der Waals surface area contributed by atoms with Gasteiger partial charge in [0, 0.05) is 31.6 Å². The molecule has 0 unspecified atom stereocenters. The van der Waals surface area contributed by atoms with Crippen LogP contribution in [0.1, 0.15) is 16.3 Å². The lowest BCUT2D eigenvalue weighted by molar-refractivity contribution is 0.0690. The van der Waals surface area contributed by atoms with Crippen LogP contribution in [0.25, 0.3) is 0 Å². The number of aromatic nitrogens is 4. The van der Waals surface area contributed by atoms with E-state index in [0.717, 1.165) is 0 Å². The molecule has 0 aliphatic heterocycles. The standard InChI is InChI=1S/C10H10N4O2/c15-10(16)8-2-5-11-9(13-8)3-7-14-6-1-4-12-14/h1-2,4-6H,3,7H2,(H,15,16). The van der Waals surface area contributed by atoms with Gasteiger partial charge < -0.3 is 5.11 Å². The number of carboxylic acid groups (broad SMARTS) is 1. The Morgan fingerprint density at radius 1 is 1.44 bits per heavy atom. The molecule has 6 heteroatoms. The Labute approximate surface area is 91.6 Å². The van der Waals surface area contributed by atoms with Crippen molar-refractivity contribution in [3.05, 3.63) is 42.2 Å². The van der Waals surface area contributed by atoms with Gasteiger partial charge in [-0.1, -0.05) is 0 Å². The topological polar surface area (TPSA) is 80.9 Å².